The number of benzene rings is 2. The van der Waals surface area contributed by atoms with Crippen molar-refractivity contribution in [2.45, 2.75) is 58.8 Å². The molecule has 1 saturated heterocycles. The van der Waals surface area contributed by atoms with Gasteiger partial charge in [0, 0.05) is 25.5 Å². The maximum Gasteiger partial charge on any atom is 0.417 e. The number of ketones is 2. The SMILES string of the molecule is CC(=O)O[C@H](C(=O)C=C(C(=O)CCCOCCO)c1cccc(C)c1)[C@H](C)C(=O)N1C(=O)O[C@H](c2ccccc2)[C@@H]1C. The van der Waals surface area contributed by atoms with Gasteiger partial charge in [0.1, 0.15) is 6.10 Å². The molecule has 1 fully saturated rings. The lowest BCUT2D eigenvalue weighted by Gasteiger charge is -2.26. The Morgan fingerprint density at radius 2 is 1.79 bits per heavy atom. The Morgan fingerprint density at radius 1 is 1.07 bits per heavy atom. The van der Waals surface area contributed by atoms with E-state index in [1.807, 2.05) is 19.1 Å². The zero-order chi connectivity index (χ0) is 30.8. The molecule has 0 aromatic heterocycles. The number of esters is 1. The topological polar surface area (TPSA) is 137 Å². The largest absolute Gasteiger partial charge is 0.453 e. The predicted octanol–water partition coefficient (Wildman–Crippen LogP) is 3.98. The third kappa shape index (κ3) is 8.20. The van der Waals surface area contributed by atoms with E-state index >= 15 is 0 Å². The van der Waals surface area contributed by atoms with Crippen molar-refractivity contribution in [3.05, 3.63) is 77.4 Å². The van der Waals surface area contributed by atoms with Crippen LogP contribution in [0.5, 0.6) is 0 Å². The molecular weight excluding hydrogens is 542 g/mol. The van der Waals surface area contributed by atoms with Crippen LogP contribution in [0.3, 0.4) is 0 Å². The van der Waals surface area contributed by atoms with E-state index in [2.05, 4.69) is 0 Å². The number of hydrogen-bond donors (Lipinski definition) is 1. The van der Waals surface area contributed by atoms with Crippen LogP contribution in [-0.2, 0) is 33.4 Å². The van der Waals surface area contributed by atoms with Crippen molar-refractivity contribution in [3.63, 3.8) is 0 Å². The Kier molecular flexibility index (Phi) is 11.7. The number of aliphatic hydroxyl groups excluding tert-OH is 1. The van der Waals surface area contributed by atoms with Crippen molar-refractivity contribution < 1.29 is 43.3 Å². The van der Waals surface area contributed by atoms with E-state index < -0.39 is 47.9 Å². The first-order valence-corrected chi connectivity index (χ1v) is 13.8. The van der Waals surface area contributed by atoms with E-state index in [4.69, 9.17) is 19.3 Å². The maximum absolute atomic E-state index is 13.6. The number of amides is 2. The number of carbonyl (C=O) groups is 5. The number of rotatable bonds is 14. The van der Waals surface area contributed by atoms with E-state index in [0.29, 0.717) is 17.5 Å². The quantitative estimate of drug-likeness (QED) is 0.200. The van der Waals surface area contributed by atoms with Crippen molar-refractivity contribution >= 4 is 35.1 Å². The number of cyclic esters (lactones) is 1. The molecule has 10 nitrogen and oxygen atoms in total. The highest BCUT2D eigenvalue weighted by molar-refractivity contribution is 6.25. The summed E-state index contributed by atoms with van der Waals surface area (Å²) in [6.07, 6.45) is -1.64. The zero-order valence-corrected chi connectivity index (χ0v) is 24.3. The third-order valence-electron chi connectivity index (χ3n) is 6.90. The molecule has 10 heteroatoms. The van der Waals surface area contributed by atoms with E-state index in [9.17, 15) is 24.0 Å². The minimum absolute atomic E-state index is 0.0587. The summed E-state index contributed by atoms with van der Waals surface area (Å²) in [5, 5.41) is 8.87. The normalized spacial score (nSPS) is 18.3. The Balaban J connectivity index is 1.88. The summed E-state index contributed by atoms with van der Waals surface area (Å²) in [7, 11) is 0. The molecule has 2 aromatic rings. The fourth-order valence-corrected chi connectivity index (χ4v) is 4.78. The lowest BCUT2D eigenvalue weighted by Crippen LogP contribution is -2.47. The number of hydrogen-bond acceptors (Lipinski definition) is 9. The fraction of sp³-hybridized carbons (Fsp3) is 0.406. The van der Waals surface area contributed by atoms with Gasteiger partial charge in [0.2, 0.25) is 5.91 Å². The fourth-order valence-electron chi connectivity index (χ4n) is 4.78. The summed E-state index contributed by atoms with van der Waals surface area (Å²) in [5.41, 5.74) is 2.16. The van der Waals surface area contributed by atoms with Crippen molar-refractivity contribution in [2.75, 3.05) is 19.8 Å². The molecule has 0 bridgehead atoms. The maximum atomic E-state index is 13.6. The van der Waals surface area contributed by atoms with Crippen molar-refractivity contribution in [3.8, 4) is 0 Å². The number of nitrogens with zero attached hydrogens (tertiary/aromatic N) is 1. The molecule has 1 aliphatic rings. The molecule has 0 unspecified atom stereocenters. The molecule has 1 heterocycles. The minimum Gasteiger partial charge on any atom is -0.453 e. The standard InChI is InChI=1S/C32H37NO9/c1-20-10-8-13-25(18-20)26(27(36)14-9-16-40-17-15-34)19-28(37)29(41-23(4)35)21(2)31(38)33-22(3)30(42-32(33)39)24-11-6-5-7-12-24/h5-8,10-13,18-19,21-22,29-30,34H,9,14-17H2,1-4H3/t21-,22-,29-,30-/m0/s1. The van der Waals surface area contributed by atoms with E-state index in [0.717, 1.165) is 23.5 Å². The van der Waals surface area contributed by atoms with Crippen molar-refractivity contribution in [1.29, 1.82) is 0 Å². The average molecular weight is 580 g/mol. The van der Waals surface area contributed by atoms with Gasteiger partial charge < -0.3 is 19.3 Å². The predicted molar refractivity (Wildman–Crippen MR) is 153 cm³/mol. The Morgan fingerprint density at radius 3 is 2.43 bits per heavy atom. The van der Waals surface area contributed by atoms with Gasteiger partial charge in [-0.2, -0.15) is 0 Å². The number of allylic oxidation sites excluding steroid dienone is 1. The van der Waals surface area contributed by atoms with Crippen LogP contribution in [0, 0.1) is 12.8 Å². The number of carbonyl (C=O) groups excluding carboxylic acids is 5. The molecule has 224 valence electrons. The molecule has 0 saturated carbocycles. The number of Topliss-reactive ketones (excluding diaryl/α,β-unsaturated/α-hetero) is 1. The molecule has 3 rings (SSSR count). The lowest BCUT2D eigenvalue weighted by atomic mass is 9.92. The summed E-state index contributed by atoms with van der Waals surface area (Å²) < 4.78 is 16.0. The Hall–Kier alpha value is -4.15. The molecule has 1 aliphatic heterocycles. The van der Waals surface area contributed by atoms with Crippen molar-refractivity contribution in [2.24, 2.45) is 5.92 Å². The van der Waals surface area contributed by atoms with Crippen LogP contribution in [0.1, 0.15) is 56.4 Å². The molecule has 0 radical (unpaired) electrons. The third-order valence-corrected chi connectivity index (χ3v) is 6.90. The lowest BCUT2D eigenvalue weighted by molar-refractivity contribution is -0.158. The van der Waals surface area contributed by atoms with Crippen LogP contribution >= 0.6 is 0 Å². The van der Waals surface area contributed by atoms with Crippen molar-refractivity contribution in [1.82, 2.24) is 4.90 Å². The highest BCUT2D eigenvalue weighted by atomic mass is 16.6. The van der Waals surface area contributed by atoms with Crippen LogP contribution in [0.15, 0.2) is 60.7 Å². The second-order valence-corrected chi connectivity index (χ2v) is 10.2. The van der Waals surface area contributed by atoms with Crippen LogP contribution in [0.4, 0.5) is 4.79 Å². The summed E-state index contributed by atoms with van der Waals surface area (Å²) in [6.45, 7) is 6.27. The molecule has 2 aromatic carbocycles. The van der Waals surface area contributed by atoms with Gasteiger partial charge in [-0.3, -0.25) is 19.2 Å². The van der Waals surface area contributed by atoms with Crippen LogP contribution in [0.25, 0.3) is 5.57 Å². The molecule has 42 heavy (non-hydrogen) atoms. The van der Waals surface area contributed by atoms with E-state index in [-0.39, 0.29) is 37.6 Å². The van der Waals surface area contributed by atoms with Gasteiger partial charge in [0.15, 0.2) is 17.7 Å². The minimum atomic E-state index is -1.59. The van der Waals surface area contributed by atoms with Gasteiger partial charge in [0.05, 0.1) is 25.2 Å². The Bertz CT molecular complexity index is 1320. The zero-order valence-electron chi connectivity index (χ0n) is 24.3. The first-order chi connectivity index (χ1) is 20.0. The molecule has 0 spiro atoms. The van der Waals surface area contributed by atoms with Gasteiger partial charge in [-0.25, -0.2) is 9.69 Å². The smallest absolute Gasteiger partial charge is 0.417 e. The van der Waals surface area contributed by atoms with Gasteiger partial charge >= 0.3 is 12.1 Å². The molecule has 4 atom stereocenters. The number of aryl methyl sites for hydroxylation is 1. The molecule has 0 aliphatic carbocycles. The number of ether oxygens (including phenoxy) is 3. The van der Waals surface area contributed by atoms with Crippen LogP contribution < -0.4 is 0 Å². The van der Waals surface area contributed by atoms with Gasteiger partial charge in [-0.15, -0.1) is 0 Å². The second-order valence-electron chi connectivity index (χ2n) is 10.2. The van der Waals surface area contributed by atoms with Crippen LogP contribution in [0.2, 0.25) is 0 Å². The monoisotopic (exact) mass is 579 g/mol. The highest BCUT2D eigenvalue weighted by Crippen LogP contribution is 2.34. The van der Waals surface area contributed by atoms with Crippen LogP contribution in [-0.4, -0.2) is 71.5 Å². The second kappa shape index (κ2) is 15.2. The summed E-state index contributed by atoms with van der Waals surface area (Å²) in [6, 6.07) is 15.3. The first kappa shape index (κ1) is 32.4. The van der Waals surface area contributed by atoms with Gasteiger partial charge in [0.25, 0.3) is 0 Å². The Labute approximate surface area is 245 Å². The summed E-state index contributed by atoms with van der Waals surface area (Å²) >= 11 is 0. The van der Waals surface area contributed by atoms with Gasteiger partial charge in [-0.05, 0) is 44.4 Å². The first-order valence-electron chi connectivity index (χ1n) is 13.8. The molecule has 1 N–H and O–H groups in total. The molecular formula is C32H37NO9. The molecule has 2 amide bonds. The van der Waals surface area contributed by atoms with E-state index in [1.165, 1.54) is 6.92 Å². The summed E-state index contributed by atoms with van der Waals surface area (Å²) in [4.78, 5) is 66.2. The van der Waals surface area contributed by atoms with Gasteiger partial charge in [-0.1, -0.05) is 60.2 Å². The van der Waals surface area contributed by atoms with E-state index in [1.54, 1.807) is 49.4 Å². The average Bonchev–Trinajstić information content (AvgIpc) is 3.27. The highest BCUT2D eigenvalue weighted by Gasteiger charge is 2.47. The number of imide groups is 1. The number of aliphatic hydroxyl groups is 1. The summed E-state index contributed by atoms with van der Waals surface area (Å²) in [5.74, 6) is -3.92.